The summed E-state index contributed by atoms with van der Waals surface area (Å²) >= 11 is 1.55. The van der Waals surface area contributed by atoms with Gasteiger partial charge in [0.05, 0.1) is 17.6 Å². The van der Waals surface area contributed by atoms with E-state index in [1.165, 1.54) is 12.8 Å². The molecule has 5 heteroatoms. The van der Waals surface area contributed by atoms with E-state index < -0.39 is 0 Å². The van der Waals surface area contributed by atoms with Gasteiger partial charge in [-0.15, -0.1) is 0 Å². The first-order chi connectivity index (χ1) is 8.48. The predicted octanol–water partition coefficient (Wildman–Crippen LogP) is 3.16. The zero-order chi connectivity index (χ0) is 13.2. The number of nitrogen functional groups attached to an aromatic ring is 1. The molecule has 1 fully saturated rings. The summed E-state index contributed by atoms with van der Waals surface area (Å²) in [6, 6.07) is 0. The molecule has 0 radical (unpaired) electrons. The number of thiazole rings is 1. The van der Waals surface area contributed by atoms with Crippen LogP contribution in [-0.2, 0) is 11.3 Å². The molecular weight excluding hydrogens is 246 g/mol. The lowest BCUT2D eigenvalue weighted by atomic mass is 9.71. The molecule has 1 aromatic rings. The zero-order valence-corrected chi connectivity index (χ0v) is 12.2. The minimum atomic E-state index is 0.375. The number of nitrogens with zero attached hydrogens (tertiary/aromatic N) is 1. The molecule has 2 rings (SSSR count). The fraction of sp³-hybridized carbons (Fsp3) is 0.769. The molecule has 102 valence electrons. The first-order valence-corrected chi connectivity index (χ1v) is 7.33. The molecule has 18 heavy (non-hydrogen) atoms. The topological polar surface area (TPSA) is 60.2 Å². The molecular formula is C13H23N3OS. The number of ether oxygens (including phenoxy) is 1. The van der Waals surface area contributed by atoms with Crippen molar-refractivity contribution in [3.05, 3.63) is 11.1 Å². The van der Waals surface area contributed by atoms with Crippen molar-refractivity contribution in [2.24, 2.45) is 17.2 Å². The van der Waals surface area contributed by atoms with Crippen molar-refractivity contribution >= 4 is 16.5 Å². The number of hydrogen-bond donors (Lipinski definition) is 2. The summed E-state index contributed by atoms with van der Waals surface area (Å²) < 4.78 is 6.03. The number of hydrazine groups is 1. The third-order valence-corrected chi connectivity index (χ3v) is 4.39. The van der Waals surface area contributed by atoms with Crippen molar-refractivity contribution in [3.8, 4) is 0 Å². The monoisotopic (exact) mass is 269 g/mol. The average Bonchev–Trinajstić information content (AvgIpc) is 2.71. The van der Waals surface area contributed by atoms with Crippen LogP contribution < -0.4 is 11.3 Å². The summed E-state index contributed by atoms with van der Waals surface area (Å²) in [7, 11) is 0. The van der Waals surface area contributed by atoms with E-state index in [0.29, 0.717) is 18.1 Å². The molecule has 4 nitrogen and oxygen atoms in total. The first kappa shape index (κ1) is 13.8. The van der Waals surface area contributed by atoms with Crippen molar-refractivity contribution in [2.45, 2.75) is 52.7 Å². The molecule has 2 unspecified atom stereocenters. The molecule has 0 saturated heterocycles. The third-order valence-electron chi connectivity index (χ3n) is 3.48. The van der Waals surface area contributed by atoms with Crippen LogP contribution in [0.5, 0.6) is 0 Å². The van der Waals surface area contributed by atoms with Crippen molar-refractivity contribution in [2.75, 3.05) is 5.43 Å². The Kier molecular flexibility index (Phi) is 4.25. The summed E-state index contributed by atoms with van der Waals surface area (Å²) in [6.45, 7) is 7.64. The lowest BCUT2D eigenvalue weighted by Crippen LogP contribution is -2.32. The minimum absolute atomic E-state index is 0.375. The lowest BCUT2D eigenvalue weighted by Gasteiger charge is -2.38. The van der Waals surface area contributed by atoms with Crippen molar-refractivity contribution in [1.29, 1.82) is 0 Å². The minimum Gasteiger partial charge on any atom is -0.373 e. The predicted molar refractivity (Wildman–Crippen MR) is 75.3 cm³/mol. The molecule has 0 spiro atoms. The van der Waals surface area contributed by atoms with E-state index in [-0.39, 0.29) is 0 Å². The number of anilines is 1. The Morgan fingerprint density at radius 3 is 2.94 bits per heavy atom. The second kappa shape index (κ2) is 5.55. The lowest BCUT2D eigenvalue weighted by molar-refractivity contribution is -0.0307. The van der Waals surface area contributed by atoms with Gasteiger partial charge >= 0.3 is 0 Å². The Morgan fingerprint density at radius 2 is 2.33 bits per heavy atom. The van der Waals surface area contributed by atoms with Crippen LogP contribution in [0.15, 0.2) is 6.20 Å². The van der Waals surface area contributed by atoms with Gasteiger partial charge in [-0.1, -0.05) is 32.1 Å². The fourth-order valence-corrected chi connectivity index (χ4v) is 3.67. The van der Waals surface area contributed by atoms with Crippen LogP contribution in [0.1, 0.15) is 44.9 Å². The highest BCUT2D eigenvalue weighted by Crippen LogP contribution is 2.40. The zero-order valence-electron chi connectivity index (χ0n) is 11.4. The Morgan fingerprint density at radius 1 is 1.56 bits per heavy atom. The van der Waals surface area contributed by atoms with Crippen LogP contribution in [0.4, 0.5) is 5.13 Å². The van der Waals surface area contributed by atoms with E-state index in [1.807, 2.05) is 6.20 Å². The first-order valence-electron chi connectivity index (χ1n) is 6.51. The summed E-state index contributed by atoms with van der Waals surface area (Å²) in [5, 5.41) is 0.742. The van der Waals surface area contributed by atoms with Crippen LogP contribution in [0, 0.1) is 11.3 Å². The maximum Gasteiger partial charge on any atom is 0.197 e. The van der Waals surface area contributed by atoms with E-state index in [2.05, 4.69) is 31.2 Å². The Balaban J connectivity index is 1.86. The van der Waals surface area contributed by atoms with E-state index in [0.717, 1.165) is 22.3 Å². The van der Waals surface area contributed by atoms with Crippen LogP contribution in [0.3, 0.4) is 0 Å². The highest BCUT2D eigenvalue weighted by atomic mass is 32.1. The maximum atomic E-state index is 6.03. The van der Waals surface area contributed by atoms with Gasteiger partial charge in [-0.05, 0) is 30.6 Å². The number of aromatic nitrogens is 1. The largest absolute Gasteiger partial charge is 0.373 e. The van der Waals surface area contributed by atoms with Gasteiger partial charge in [0.25, 0.3) is 0 Å². The van der Waals surface area contributed by atoms with Crippen molar-refractivity contribution in [3.63, 3.8) is 0 Å². The van der Waals surface area contributed by atoms with Crippen molar-refractivity contribution < 1.29 is 4.74 Å². The number of nitrogens with two attached hydrogens (primary N) is 1. The quantitative estimate of drug-likeness (QED) is 0.651. The average molecular weight is 269 g/mol. The van der Waals surface area contributed by atoms with Gasteiger partial charge in [-0.25, -0.2) is 10.8 Å². The summed E-state index contributed by atoms with van der Waals surface area (Å²) in [5.74, 6) is 6.06. The van der Waals surface area contributed by atoms with Gasteiger partial charge in [-0.3, -0.25) is 5.43 Å². The van der Waals surface area contributed by atoms with Crippen LogP contribution >= 0.6 is 11.3 Å². The smallest absolute Gasteiger partial charge is 0.197 e. The fourth-order valence-electron chi connectivity index (χ4n) is 3.03. The Labute approximate surface area is 113 Å². The second-order valence-corrected chi connectivity index (χ2v) is 7.24. The molecule has 1 heterocycles. The van der Waals surface area contributed by atoms with Crippen LogP contribution in [0.25, 0.3) is 0 Å². The highest BCUT2D eigenvalue weighted by Gasteiger charge is 2.32. The molecule has 0 amide bonds. The highest BCUT2D eigenvalue weighted by molar-refractivity contribution is 7.15. The summed E-state index contributed by atoms with van der Waals surface area (Å²) in [6.07, 6.45) is 5.83. The van der Waals surface area contributed by atoms with Crippen LogP contribution in [-0.4, -0.2) is 11.1 Å². The number of hydrogen-bond acceptors (Lipinski definition) is 5. The number of rotatable bonds is 4. The standard InChI is InChI=1S/C13H23N3OS/c1-9-4-10(6-13(2,3)5-9)17-8-11-7-15-12(16-14)18-11/h7,9-10H,4-6,8,14H2,1-3H3,(H,15,16). The van der Waals surface area contributed by atoms with Gasteiger partial charge in [0.2, 0.25) is 0 Å². The van der Waals surface area contributed by atoms with Gasteiger partial charge < -0.3 is 4.74 Å². The molecule has 0 bridgehead atoms. The van der Waals surface area contributed by atoms with E-state index in [9.17, 15) is 0 Å². The molecule has 1 aliphatic rings. The van der Waals surface area contributed by atoms with Crippen LogP contribution in [0.2, 0.25) is 0 Å². The van der Waals surface area contributed by atoms with Gasteiger partial charge in [0, 0.05) is 6.20 Å². The van der Waals surface area contributed by atoms with E-state index in [1.54, 1.807) is 11.3 Å². The Hall–Kier alpha value is -0.650. The molecule has 1 aromatic heterocycles. The molecule has 0 aliphatic heterocycles. The van der Waals surface area contributed by atoms with Gasteiger partial charge in [0.15, 0.2) is 5.13 Å². The molecule has 0 aromatic carbocycles. The third kappa shape index (κ3) is 3.67. The van der Waals surface area contributed by atoms with Crippen molar-refractivity contribution in [1.82, 2.24) is 4.98 Å². The molecule has 1 aliphatic carbocycles. The molecule has 1 saturated carbocycles. The van der Waals surface area contributed by atoms with E-state index in [4.69, 9.17) is 10.6 Å². The summed E-state index contributed by atoms with van der Waals surface area (Å²) in [5.41, 5.74) is 2.96. The van der Waals surface area contributed by atoms with E-state index >= 15 is 0 Å². The Bertz CT molecular complexity index is 391. The second-order valence-electron chi connectivity index (χ2n) is 6.12. The normalized spacial score (nSPS) is 27.1. The molecule has 2 atom stereocenters. The molecule has 3 N–H and O–H groups in total. The number of nitrogens with one attached hydrogen (secondary N) is 1. The maximum absolute atomic E-state index is 6.03. The SMILES string of the molecule is CC1CC(OCc2cnc(NN)s2)CC(C)(C)C1. The summed E-state index contributed by atoms with van der Waals surface area (Å²) in [4.78, 5) is 5.27. The van der Waals surface area contributed by atoms with Gasteiger partial charge in [-0.2, -0.15) is 0 Å². The van der Waals surface area contributed by atoms with Gasteiger partial charge in [0.1, 0.15) is 0 Å².